The highest BCUT2D eigenvalue weighted by atomic mass is 32.2. The van der Waals surface area contributed by atoms with Gasteiger partial charge in [-0.25, -0.2) is 23.1 Å². The Labute approximate surface area is 237 Å². The third-order valence-electron chi connectivity index (χ3n) is 7.72. The third-order valence-corrected chi connectivity index (χ3v) is 9.28. The van der Waals surface area contributed by atoms with Crippen LogP contribution < -0.4 is 10.0 Å². The van der Waals surface area contributed by atoms with Crippen LogP contribution in [0.2, 0.25) is 0 Å². The number of nitrogens with one attached hydrogen (secondary N) is 2. The lowest BCUT2D eigenvalue weighted by atomic mass is 9.64. The number of amides is 1. The van der Waals surface area contributed by atoms with Crippen molar-refractivity contribution >= 4 is 23.1 Å². The van der Waals surface area contributed by atoms with E-state index in [1.54, 1.807) is 37.7 Å². The van der Waals surface area contributed by atoms with Crippen molar-refractivity contribution < 1.29 is 22.9 Å². The molecule has 0 spiro atoms. The minimum atomic E-state index is -2.71. The van der Waals surface area contributed by atoms with E-state index in [-0.39, 0.29) is 31.6 Å². The van der Waals surface area contributed by atoms with Gasteiger partial charge in [0.05, 0.1) is 41.7 Å². The average Bonchev–Trinajstić information content (AvgIpc) is 3.23. The first-order valence-electron chi connectivity index (χ1n) is 13.8. The molecule has 4 rings (SSSR count). The summed E-state index contributed by atoms with van der Waals surface area (Å²) in [5, 5.41) is 17.5. The highest BCUT2D eigenvalue weighted by molar-refractivity contribution is 7.90. The molecule has 2 aliphatic rings. The highest BCUT2D eigenvalue weighted by Crippen LogP contribution is 2.50. The Kier molecular flexibility index (Phi) is 8.43. The molecule has 2 aliphatic carbocycles. The largest absolute Gasteiger partial charge is 0.598 e. The predicted molar refractivity (Wildman–Crippen MR) is 148 cm³/mol. The van der Waals surface area contributed by atoms with Crippen LogP contribution in [0.25, 0.3) is 5.65 Å². The second-order valence-corrected chi connectivity index (χ2v) is 15.1. The van der Waals surface area contributed by atoms with Crippen molar-refractivity contribution in [2.45, 2.75) is 115 Å². The molecule has 0 aromatic carbocycles. The van der Waals surface area contributed by atoms with E-state index in [0.29, 0.717) is 29.7 Å². The average molecular weight is 579 g/mol. The first-order chi connectivity index (χ1) is 18.5. The fraction of sp³-hybridized carbons (Fsp3) is 0.714. The van der Waals surface area contributed by atoms with E-state index in [9.17, 15) is 23.4 Å². The van der Waals surface area contributed by atoms with Crippen molar-refractivity contribution in [3.63, 3.8) is 0 Å². The number of halogens is 2. The lowest BCUT2D eigenvalue weighted by Gasteiger charge is -2.42. The molecule has 0 aliphatic heterocycles. The third kappa shape index (κ3) is 6.86. The molecule has 12 heteroatoms. The molecule has 2 aromatic heterocycles. The molecule has 0 saturated heterocycles. The normalized spacial score (nSPS) is 21.6. The van der Waals surface area contributed by atoms with E-state index < -0.39 is 51.2 Å². The molecule has 2 heterocycles. The lowest BCUT2D eigenvalue weighted by molar-refractivity contribution is -0.0500. The molecule has 2 fully saturated rings. The molecule has 2 aromatic rings. The van der Waals surface area contributed by atoms with Crippen LogP contribution in [0.5, 0.6) is 0 Å². The molecule has 1 amide bonds. The second kappa shape index (κ2) is 11.1. The maximum atomic E-state index is 13.9. The van der Waals surface area contributed by atoms with Gasteiger partial charge in [0.2, 0.25) is 5.92 Å². The smallest absolute Gasteiger partial charge is 0.408 e. The summed E-state index contributed by atoms with van der Waals surface area (Å²) in [5.41, 5.74) is 0.233. The van der Waals surface area contributed by atoms with Crippen LogP contribution >= 0.6 is 0 Å². The first-order valence-corrected chi connectivity index (χ1v) is 15.0. The Bertz CT molecular complexity index is 1250. The van der Waals surface area contributed by atoms with Gasteiger partial charge in [-0.05, 0) is 84.8 Å². The van der Waals surface area contributed by atoms with E-state index in [0.717, 1.165) is 6.42 Å². The molecule has 0 radical (unpaired) electrons. The Morgan fingerprint density at radius 1 is 1.23 bits per heavy atom. The fourth-order valence-corrected chi connectivity index (χ4v) is 6.22. The fourth-order valence-electron chi connectivity index (χ4n) is 5.29. The molecule has 2 saturated carbocycles. The molecular formula is C28H40F2N6O3S. The van der Waals surface area contributed by atoms with Gasteiger partial charge in [-0.15, -0.1) is 4.72 Å². The molecule has 40 heavy (non-hydrogen) atoms. The van der Waals surface area contributed by atoms with Crippen LogP contribution in [-0.2, 0) is 16.1 Å². The summed E-state index contributed by atoms with van der Waals surface area (Å²) in [5.74, 6) is -2.97. The number of ether oxygens (including phenoxy) is 1. The first kappa shape index (κ1) is 30.5. The number of carbonyl (C=O) groups is 1. The number of hydrogen-bond donors (Lipinski definition) is 2. The van der Waals surface area contributed by atoms with Gasteiger partial charge in [-0.2, -0.15) is 10.4 Å². The molecule has 0 bridgehead atoms. The maximum absolute atomic E-state index is 13.9. The van der Waals surface area contributed by atoms with Gasteiger partial charge in [0.25, 0.3) is 0 Å². The Hall–Kier alpha value is -2.49. The summed E-state index contributed by atoms with van der Waals surface area (Å²) in [4.78, 5) is 17.5. The van der Waals surface area contributed by atoms with Crippen molar-refractivity contribution in [3.8, 4) is 6.07 Å². The number of imidazole rings is 1. The number of hydrogen-bond acceptors (Lipinski definition) is 7. The Morgan fingerprint density at radius 2 is 1.88 bits per heavy atom. The SMILES string of the molecule is CC(C)(C)OC(=O)N[C@H](c1cn2ncc(C(N[S+]([O-])C(C)(C)C)C3(C#N)CCC3)cc2n1)C1CCC(F)(F)CC1. The van der Waals surface area contributed by atoms with Crippen molar-refractivity contribution in [1.29, 1.82) is 5.26 Å². The zero-order valence-electron chi connectivity index (χ0n) is 24.1. The van der Waals surface area contributed by atoms with E-state index in [1.165, 1.54) is 0 Å². The highest BCUT2D eigenvalue weighted by Gasteiger charge is 2.49. The summed E-state index contributed by atoms with van der Waals surface area (Å²) in [6.07, 6.45) is 4.92. The van der Waals surface area contributed by atoms with Gasteiger partial charge < -0.3 is 14.6 Å². The summed E-state index contributed by atoms with van der Waals surface area (Å²) in [6.45, 7) is 10.9. The zero-order chi connectivity index (χ0) is 29.5. The van der Waals surface area contributed by atoms with Crippen molar-refractivity contribution in [2.24, 2.45) is 11.3 Å². The number of fused-ring (bicyclic) bond motifs is 1. The minimum Gasteiger partial charge on any atom is -0.598 e. The van der Waals surface area contributed by atoms with Crippen LogP contribution in [-0.4, -0.2) is 41.5 Å². The van der Waals surface area contributed by atoms with Crippen LogP contribution in [0.1, 0.15) is 110 Å². The topological polar surface area (TPSA) is 127 Å². The number of aromatic nitrogens is 3. The summed E-state index contributed by atoms with van der Waals surface area (Å²) >= 11 is -1.42. The number of alkyl carbamates (subject to hydrolysis) is 1. The second-order valence-electron chi connectivity index (χ2n) is 13.1. The number of alkyl halides is 2. The molecule has 2 unspecified atom stereocenters. The standard InChI is InChI=1S/C28H40F2N6O3S/c1-25(2,3)39-24(37)34-22(18-8-12-28(29,30)13-9-18)20-16-36-21(33-20)14-19(15-32-36)23(27(17-31)10-7-11-27)35-40(38)26(4,5)6/h14-16,18,22-23,35H,7-13H2,1-6H3,(H,34,37)/t22-,23?,40?/m0/s1. The number of rotatable bonds is 7. The van der Waals surface area contributed by atoms with E-state index in [1.807, 2.05) is 26.8 Å². The van der Waals surface area contributed by atoms with Gasteiger partial charge in [-0.3, -0.25) is 0 Å². The van der Waals surface area contributed by atoms with Crippen LogP contribution in [0.4, 0.5) is 13.6 Å². The molecule has 9 nitrogen and oxygen atoms in total. The van der Waals surface area contributed by atoms with Crippen LogP contribution in [0.15, 0.2) is 18.5 Å². The van der Waals surface area contributed by atoms with Gasteiger partial charge in [-0.1, -0.05) is 6.42 Å². The molecule has 2 N–H and O–H groups in total. The number of nitrogens with zero attached hydrogens (tertiary/aromatic N) is 4. The minimum absolute atomic E-state index is 0.231. The van der Waals surface area contributed by atoms with E-state index >= 15 is 0 Å². The number of carbonyl (C=O) groups excluding carboxylic acids is 1. The predicted octanol–water partition coefficient (Wildman–Crippen LogP) is 5.91. The Balaban J connectivity index is 1.67. The quantitative estimate of drug-likeness (QED) is 0.391. The van der Waals surface area contributed by atoms with Crippen LogP contribution in [0.3, 0.4) is 0 Å². The lowest BCUT2D eigenvalue weighted by Crippen LogP contribution is -2.49. The van der Waals surface area contributed by atoms with Gasteiger partial charge >= 0.3 is 6.09 Å². The van der Waals surface area contributed by atoms with E-state index in [2.05, 4.69) is 21.2 Å². The molecule has 3 atom stereocenters. The summed E-state index contributed by atoms with van der Waals surface area (Å²) < 4.78 is 50.7. The zero-order valence-corrected chi connectivity index (χ0v) is 24.9. The summed E-state index contributed by atoms with van der Waals surface area (Å²) in [6, 6.07) is 3.11. The van der Waals surface area contributed by atoms with Gasteiger partial charge in [0.1, 0.15) is 10.3 Å². The van der Waals surface area contributed by atoms with Gasteiger partial charge in [0.15, 0.2) is 5.65 Å². The Morgan fingerprint density at radius 3 is 2.40 bits per heavy atom. The van der Waals surface area contributed by atoms with Crippen molar-refractivity contribution in [2.75, 3.05) is 0 Å². The maximum Gasteiger partial charge on any atom is 0.408 e. The van der Waals surface area contributed by atoms with E-state index in [4.69, 9.17) is 9.72 Å². The molecule has 220 valence electrons. The summed E-state index contributed by atoms with van der Waals surface area (Å²) in [7, 11) is 0. The van der Waals surface area contributed by atoms with Crippen molar-refractivity contribution in [3.05, 3.63) is 29.7 Å². The molecular weight excluding hydrogens is 538 g/mol. The van der Waals surface area contributed by atoms with Crippen molar-refractivity contribution in [1.82, 2.24) is 24.6 Å². The van der Waals surface area contributed by atoms with Crippen LogP contribution in [0, 0.1) is 22.7 Å². The van der Waals surface area contributed by atoms with Gasteiger partial charge in [0, 0.05) is 24.2 Å². The number of nitriles is 1. The monoisotopic (exact) mass is 578 g/mol.